The number of amidine groups is 1. The molecule has 0 radical (unpaired) electrons. The second kappa shape index (κ2) is 4.12. The Morgan fingerprint density at radius 2 is 2.16 bits per heavy atom. The third-order valence-corrected chi connectivity index (χ3v) is 5.52. The van der Waals surface area contributed by atoms with E-state index in [-0.39, 0.29) is 0 Å². The van der Waals surface area contributed by atoms with Crippen LogP contribution in [0, 0.1) is 6.92 Å². The van der Waals surface area contributed by atoms with Crippen molar-refractivity contribution in [3.8, 4) is 0 Å². The summed E-state index contributed by atoms with van der Waals surface area (Å²) >= 11 is 3.64. The van der Waals surface area contributed by atoms with Crippen LogP contribution in [0.3, 0.4) is 0 Å². The molecule has 0 saturated heterocycles. The molecule has 0 amide bonds. The van der Waals surface area contributed by atoms with Crippen molar-refractivity contribution < 1.29 is 0 Å². The Kier molecular flexibility index (Phi) is 2.50. The van der Waals surface area contributed by atoms with Crippen molar-refractivity contribution in [2.75, 3.05) is 13.1 Å². The number of thiophene rings is 1. The molecular formula is C15H14N2S2. The van der Waals surface area contributed by atoms with Crippen LogP contribution in [0.5, 0.6) is 0 Å². The largest absolute Gasteiger partial charge is 0.318 e. The molecular weight excluding hydrogens is 272 g/mol. The summed E-state index contributed by atoms with van der Waals surface area (Å²) in [6.45, 7) is 6.34. The van der Waals surface area contributed by atoms with Crippen LogP contribution in [0.25, 0.3) is 15.8 Å². The molecule has 0 bridgehead atoms. The van der Waals surface area contributed by atoms with E-state index in [9.17, 15) is 0 Å². The molecule has 0 N–H and O–H groups in total. The highest BCUT2D eigenvalue weighted by Crippen LogP contribution is 2.43. The molecule has 0 aliphatic carbocycles. The highest BCUT2D eigenvalue weighted by molar-refractivity contribution is 8.17. The summed E-state index contributed by atoms with van der Waals surface area (Å²) in [6, 6.07) is 6.83. The molecule has 2 aromatic rings. The first kappa shape index (κ1) is 11.6. The van der Waals surface area contributed by atoms with Crippen molar-refractivity contribution in [2.24, 2.45) is 4.99 Å². The number of thioether (sulfide) groups is 1. The number of aliphatic imine (C=N–C) groups is 1. The van der Waals surface area contributed by atoms with E-state index in [1.54, 1.807) is 0 Å². The maximum Gasteiger partial charge on any atom is 0.168 e. The molecule has 0 spiro atoms. The molecule has 1 aromatic carbocycles. The molecule has 96 valence electrons. The van der Waals surface area contributed by atoms with Gasteiger partial charge in [0.15, 0.2) is 5.17 Å². The van der Waals surface area contributed by atoms with E-state index in [0.29, 0.717) is 0 Å². The van der Waals surface area contributed by atoms with Gasteiger partial charge in [0, 0.05) is 27.1 Å². The lowest BCUT2D eigenvalue weighted by molar-refractivity contribution is 0.648. The number of aryl methyl sites for hydroxylation is 1. The molecule has 2 aliphatic rings. The van der Waals surface area contributed by atoms with Crippen LogP contribution in [0.15, 0.2) is 33.5 Å². The van der Waals surface area contributed by atoms with E-state index in [2.05, 4.69) is 47.3 Å². The Labute approximate surface area is 120 Å². The van der Waals surface area contributed by atoms with Crippen molar-refractivity contribution in [3.05, 3.63) is 39.6 Å². The van der Waals surface area contributed by atoms with Gasteiger partial charge in [-0.2, -0.15) is 0 Å². The molecule has 2 aliphatic heterocycles. The van der Waals surface area contributed by atoms with Crippen LogP contribution in [0.2, 0.25) is 0 Å². The minimum absolute atomic E-state index is 0.928. The summed E-state index contributed by atoms with van der Waals surface area (Å²) in [5.41, 5.74) is 4.07. The monoisotopic (exact) mass is 286 g/mol. The second-order valence-corrected chi connectivity index (χ2v) is 7.10. The Hall–Kier alpha value is -1.26. The minimum Gasteiger partial charge on any atom is -0.318 e. The smallest absolute Gasteiger partial charge is 0.168 e. The van der Waals surface area contributed by atoms with E-state index in [0.717, 1.165) is 13.1 Å². The quantitative estimate of drug-likeness (QED) is 0.776. The number of allylic oxidation sites excluding steroid dienone is 1. The molecule has 1 aromatic heterocycles. The molecule has 0 fully saturated rings. The third kappa shape index (κ3) is 1.66. The summed E-state index contributed by atoms with van der Waals surface area (Å²) in [5, 5.41) is 4.74. The fourth-order valence-electron chi connectivity index (χ4n) is 2.84. The molecule has 4 heteroatoms. The van der Waals surface area contributed by atoms with E-state index in [1.165, 1.54) is 37.0 Å². The highest BCUT2D eigenvalue weighted by atomic mass is 32.2. The van der Waals surface area contributed by atoms with Crippen molar-refractivity contribution in [3.63, 3.8) is 0 Å². The number of hydrogen-bond donors (Lipinski definition) is 0. The third-order valence-electron chi connectivity index (χ3n) is 3.62. The first-order valence-electron chi connectivity index (χ1n) is 6.43. The maximum atomic E-state index is 4.58. The first-order chi connectivity index (χ1) is 9.24. The average molecular weight is 286 g/mol. The predicted octanol–water partition coefficient (Wildman–Crippen LogP) is 4.32. The average Bonchev–Trinajstić information content (AvgIpc) is 3.02. The summed E-state index contributed by atoms with van der Waals surface area (Å²) in [7, 11) is 0. The normalized spacial score (nSPS) is 18.4. The first-order valence-corrected chi connectivity index (χ1v) is 8.12. The standard InChI is InChI=1S/C15H14N2S2/c1-9-7-12(11-3-6-18-13(11)8-9)14-10(2)19-15-16-4-5-17(14)15/h3,6-8H,4-5H2,1-2H3. The molecule has 2 nitrogen and oxygen atoms in total. The minimum atomic E-state index is 0.928. The van der Waals surface area contributed by atoms with Crippen molar-refractivity contribution in [1.29, 1.82) is 0 Å². The van der Waals surface area contributed by atoms with Gasteiger partial charge in [-0.15, -0.1) is 11.3 Å². The second-order valence-electron chi connectivity index (χ2n) is 4.97. The molecule has 4 rings (SSSR count). The summed E-state index contributed by atoms with van der Waals surface area (Å²) in [6.07, 6.45) is 0. The van der Waals surface area contributed by atoms with E-state index >= 15 is 0 Å². The lowest BCUT2D eigenvalue weighted by atomic mass is 10.0. The Morgan fingerprint density at radius 3 is 3.05 bits per heavy atom. The molecule has 19 heavy (non-hydrogen) atoms. The number of benzene rings is 1. The van der Waals surface area contributed by atoms with Crippen molar-refractivity contribution in [2.45, 2.75) is 13.8 Å². The van der Waals surface area contributed by atoms with E-state index < -0.39 is 0 Å². The zero-order valence-electron chi connectivity index (χ0n) is 10.9. The number of nitrogens with zero attached hydrogens (tertiary/aromatic N) is 2. The molecule has 3 heterocycles. The molecule has 0 saturated carbocycles. The zero-order valence-corrected chi connectivity index (χ0v) is 12.6. The summed E-state index contributed by atoms with van der Waals surface area (Å²) in [5.74, 6) is 0. The van der Waals surface area contributed by atoms with Crippen molar-refractivity contribution >= 4 is 44.0 Å². The van der Waals surface area contributed by atoms with Gasteiger partial charge in [0.2, 0.25) is 0 Å². The van der Waals surface area contributed by atoms with Crippen LogP contribution in [0.4, 0.5) is 0 Å². The molecule has 0 unspecified atom stereocenters. The fourth-order valence-corrected chi connectivity index (χ4v) is 4.79. The van der Waals surface area contributed by atoms with Gasteiger partial charge in [0.1, 0.15) is 0 Å². The van der Waals surface area contributed by atoms with Gasteiger partial charge in [-0.1, -0.05) is 11.8 Å². The summed E-state index contributed by atoms with van der Waals surface area (Å²) in [4.78, 5) is 8.33. The van der Waals surface area contributed by atoms with Gasteiger partial charge >= 0.3 is 0 Å². The summed E-state index contributed by atoms with van der Waals surface area (Å²) < 4.78 is 1.38. The predicted molar refractivity (Wildman–Crippen MR) is 85.8 cm³/mol. The Bertz CT molecular complexity index is 740. The maximum absolute atomic E-state index is 4.58. The van der Waals surface area contributed by atoms with Gasteiger partial charge in [-0.25, -0.2) is 0 Å². The lowest BCUT2D eigenvalue weighted by Gasteiger charge is -2.18. The molecule has 0 atom stereocenters. The van der Waals surface area contributed by atoms with Gasteiger partial charge in [0.05, 0.1) is 12.2 Å². The van der Waals surface area contributed by atoms with Crippen LogP contribution >= 0.6 is 23.1 Å². The van der Waals surface area contributed by atoms with Crippen LogP contribution in [0.1, 0.15) is 18.1 Å². The SMILES string of the molecule is CC1=C(c2cc(C)cc3sccc23)N2CCN=C2S1. The van der Waals surface area contributed by atoms with Gasteiger partial charge in [0.25, 0.3) is 0 Å². The van der Waals surface area contributed by atoms with Gasteiger partial charge in [-0.3, -0.25) is 4.99 Å². The van der Waals surface area contributed by atoms with Crippen molar-refractivity contribution in [1.82, 2.24) is 4.90 Å². The van der Waals surface area contributed by atoms with E-state index in [4.69, 9.17) is 0 Å². The van der Waals surface area contributed by atoms with Gasteiger partial charge in [-0.05, 0) is 43.0 Å². The van der Waals surface area contributed by atoms with Crippen LogP contribution in [-0.4, -0.2) is 23.2 Å². The Morgan fingerprint density at radius 1 is 1.26 bits per heavy atom. The Balaban J connectivity index is 1.97. The van der Waals surface area contributed by atoms with E-state index in [1.807, 2.05) is 23.1 Å². The lowest BCUT2D eigenvalue weighted by Crippen LogP contribution is -2.20. The van der Waals surface area contributed by atoms with Crippen LogP contribution < -0.4 is 0 Å². The topological polar surface area (TPSA) is 15.6 Å². The zero-order chi connectivity index (χ0) is 13.0. The fraction of sp³-hybridized carbons (Fsp3) is 0.267. The highest BCUT2D eigenvalue weighted by Gasteiger charge is 2.31. The van der Waals surface area contributed by atoms with Gasteiger partial charge < -0.3 is 4.90 Å². The number of rotatable bonds is 1. The number of hydrogen-bond acceptors (Lipinski definition) is 4. The number of fused-ring (bicyclic) bond motifs is 2. The van der Waals surface area contributed by atoms with Crippen LogP contribution in [-0.2, 0) is 0 Å².